The van der Waals surface area contributed by atoms with Crippen LogP contribution in [0, 0.1) is 22.7 Å². The molecule has 0 radical (unpaired) electrons. The van der Waals surface area contributed by atoms with E-state index in [0.29, 0.717) is 17.7 Å². The van der Waals surface area contributed by atoms with Crippen molar-refractivity contribution in [2.75, 3.05) is 6.61 Å². The molecule has 0 aliphatic rings. The average molecular weight is 332 g/mol. The summed E-state index contributed by atoms with van der Waals surface area (Å²) in [6.45, 7) is 4.96. The van der Waals surface area contributed by atoms with Crippen molar-refractivity contribution in [1.82, 2.24) is 0 Å². The number of hydrogen-bond donors (Lipinski definition) is 0. The average Bonchev–Trinajstić information content (AvgIpc) is 2.66. The third kappa shape index (κ3) is 4.61. The second-order valence-electron chi connectivity index (χ2n) is 6.08. The van der Waals surface area contributed by atoms with Crippen LogP contribution in [0.3, 0.4) is 0 Å². The first-order valence-corrected chi connectivity index (χ1v) is 8.94. The predicted octanol–water partition coefficient (Wildman–Crippen LogP) is 5.62. The van der Waals surface area contributed by atoms with Gasteiger partial charge in [0.25, 0.3) is 0 Å². The van der Waals surface area contributed by atoms with E-state index < -0.39 is 0 Å². The van der Waals surface area contributed by atoms with Gasteiger partial charge in [-0.3, -0.25) is 0 Å². The van der Waals surface area contributed by atoms with E-state index in [9.17, 15) is 10.5 Å². The molecule has 0 aromatic heterocycles. The SMILES string of the molecule is CCCCOc1ccc(-c2ccc(CCCC)c(C#N)c2C#N)cc1. The summed E-state index contributed by atoms with van der Waals surface area (Å²) in [7, 11) is 0. The Balaban J connectivity index is 2.33. The lowest BCUT2D eigenvalue weighted by Crippen LogP contribution is -1.98. The highest BCUT2D eigenvalue weighted by Crippen LogP contribution is 2.30. The standard InChI is InChI=1S/C22H24N2O/c1-3-5-7-17-10-13-20(22(16-24)21(17)15-23)18-8-11-19(12-9-18)25-14-6-4-2/h8-13H,3-7,14H2,1-2H3. The summed E-state index contributed by atoms with van der Waals surface area (Å²) >= 11 is 0. The molecular weight excluding hydrogens is 308 g/mol. The van der Waals surface area contributed by atoms with Crippen molar-refractivity contribution in [2.24, 2.45) is 0 Å². The molecule has 2 rings (SSSR count). The van der Waals surface area contributed by atoms with Gasteiger partial charge in [-0.05, 0) is 42.5 Å². The molecule has 0 bridgehead atoms. The Hall–Kier alpha value is -2.78. The van der Waals surface area contributed by atoms with E-state index in [1.165, 1.54) is 0 Å². The molecule has 3 nitrogen and oxygen atoms in total. The van der Waals surface area contributed by atoms with Crippen molar-refractivity contribution in [3.63, 3.8) is 0 Å². The van der Waals surface area contributed by atoms with Crippen LogP contribution >= 0.6 is 0 Å². The van der Waals surface area contributed by atoms with E-state index in [0.717, 1.165) is 54.5 Å². The van der Waals surface area contributed by atoms with Gasteiger partial charge < -0.3 is 4.74 Å². The van der Waals surface area contributed by atoms with Crippen LogP contribution in [-0.4, -0.2) is 6.61 Å². The van der Waals surface area contributed by atoms with Crippen LogP contribution < -0.4 is 4.74 Å². The lowest BCUT2D eigenvalue weighted by molar-refractivity contribution is 0.309. The summed E-state index contributed by atoms with van der Waals surface area (Å²) in [6, 6.07) is 16.1. The van der Waals surface area contributed by atoms with E-state index in [1.54, 1.807) is 0 Å². The van der Waals surface area contributed by atoms with Gasteiger partial charge >= 0.3 is 0 Å². The van der Waals surface area contributed by atoms with Crippen LogP contribution in [0.1, 0.15) is 56.2 Å². The number of ether oxygens (including phenoxy) is 1. The van der Waals surface area contributed by atoms with E-state index in [2.05, 4.69) is 26.0 Å². The highest BCUT2D eigenvalue weighted by Gasteiger charge is 2.14. The molecule has 25 heavy (non-hydrogen) atoms. The molecule has 0 atom stereocenters. The minimum atomic E-state index is 0.468. The van der Waals surface area contributed by atoms with Crippen molar-refractivity contribution in [1.29, 1.82) is 10.5 Å². The summed E-state index contributed by atoms with van der Waals surface area (Å²) in [5.74, 6) is 0.829. The number of nitrogens with zero attached hydrogens (tertiary/aromatic N) is 2. The molecule has 0 aliphatic carbocycles. The largest absolute Gasteiger partial charge is 0.494 e. The van der Waals surface area contributed by atoms with Gasteiger partial charge in [-0.15, -0.1) is 0 Å². The number of benzene rings is 2. The fourth-order valence-corrected chi connectivity index (χ4v) is 2.77. The Morgan fingerprint density at radius 3 is 2.12 bits per heavy atom. The Morgan fingerprint density at radius 1 is 0.840 bits per heavy atom. The summed E-state index contributed by atoms with van der Waals surface area (Å²) in [5, 5.41) is 19.2. The zero-order valence-electron chi connectivity index (χ0n) is 15.0. The lowest BCUT2D eigenvalue weighted by atomic mass is 9.91. The number of aryl methyl sites for hydroxylation is 1. The summed E-state index contributed by atoms with van der Waals surface area (Å²) in [6.07, 6.45) is 5.05. The zero-order chi connectivity index (χ0) is 18.1. The van der Waals surface area contributed by atoms with Crippen LogP contribution in [0.5, 0.6) is 5.75 Å². The third-order valence-electron chi connectivity index (χ3n) is 4.25. The second kappa shape index (κ2) is 9.50. The minimum Gasteiger partial charge on any atom is -0.494 e. The second-order valence-corrected chi connectivity index (χ2v) is 6.08. The molecule has 0 heterocycles. The summed E-state index contributed by atoms with van der Waals surface area (Å²) in [4.78, 5) is 0. The maximum absolute atomic E-state index is 9.61. The quantitative estimate of drug-likeness (QED) is 0.590. The van der Waals surface area contributed by atoms with Crippen molar-refractivity contribution in [2.45, 2.75) is 46.0 Å². The minimum absolute atomic E-state index is 0.468. The van der Waals surface area contributed by atoms with Gasteiger partial charge in [0.2, 0.25) is 0 Å². The van der Waals surface area contributed by atoms with Crippen LogP contribution in [0.2, 0.25) is 0 Å². The molecule has 0 N–H and O–H groups in total. The first-order valence-electron chi connectivity index (χ1n) is 8.94. The molecular formula is C22H24N2O. The van der Waals surface area contributed by atoms with Crippen molar-refractivity contribution in [3.05, 3.63) is 53.1 Å². The first-order chi connectivity index (χ1) is 12.2. The van der Waals surface area contributed by atoms with Crippen molar-refractivity contribution in [3.8, 4) is 29.0 Å². The van der Waals surface area contributed by atoms with Crippen molar-refractivity contribution < 1.29 is 4.74 Å². The predicted molar refractivity (Wildman–Crippen MR) is 100 cm³/mol. The molecule has 0 saturated heterocycles. The summed E-state index contributed by atoms with van der Waals surface area (Å²) in [5.41, 5.74) is 3.67. The van der Waals surface area contributed by atoms with E-state index in [4.69, 9.17) is 4.74 Å². The molecule has 0 unspecified atom stereocenters. The van der Waals surface area contributed by atoms with Gasteiger partial charge in [-0.25, -0.2) is 0 Å². The number of rotatable bonds is 8. The highest BCUT2D eigenvalue weighted by molar-refractivity contribution is 5.75. The Kier molecular flexibility index (Phi) is 7.05. The molecule has 2 aromatic rings. The number of nitriles is 2. The Bertz CT molecular complexity index is 779. The molecule has 0 saturated carbocycles. The van der Waals surface area contributed by atoms with Gasteiger partial charge in [0.05, 0.1) is 17.7 Å². The van der Waals surface area contributed by atoms with Crippen LogP contribution in [-0.2, 0) is 6.42 Å². The monoisotopic (exact) mass is 332 g/mol. The molecule has 0 amide bonds. The van der Waals surface area contributed by atoms with Gasteiger partial charge in [0.15, 0.2) is 0 Å². The van der Waals surface area contributed by atoms with E-state index >= 15 is 0 Å². The Morgan fingerprint density at radius 2 is 1.52 bits per heavy atom. The van der Waals surface area contributed by atoms with Gasteiger partial charge in [-0.1, -0.05) is 51.0 Å². The third-order valence-corrected chi connectivity index (χ3v) is 4.25. The highest BCUT2D eigenvalue weighted by atomic mass is 16.5. The molecule has 128 valence electrons. The van der Waals surface area contributed by atoms with Crippen molar-refractivity contribution >= 4 is 0 Å². The fourth-order valence-electron chi connectivity index (χ4n) is 2.77. The lowest BCUT2D eigenvalue weighted by Gasteiger charge is -2.11. The zero-order valence-corrected chi connectivity index (χ0v) is 15.0. The smallest absolute Gasteiger partial charge is 0.119 e. The van der Waals surface area contributed by atoms with E-state index in [1.807, 2.05) is 36.4 Å². The molecule has 2 aromatic carbocycles. The normalized spacial score (nSPS) is 10.1. The maximum atomic E-state index is 9.61. The first kappa shape index (κ1) is 18.6. The fraction of sp³-hybridized carbons (Fsp3) is 0.364. The molecule has 0 spiro atoms. The summed E-state index contributed by atoms with van der Waals surface area (Å²) < 4.78 is 5.68. The molecule has 0 fully saturated rings. The molecule has 0 aliphatic heterocycles. The Labute approximate surface area is 150 Å². The van der Waals surface area contributed by atoms with Crippen LogP contribution in [0.25, 0.3) is 11.1 Å². The van der Waals surface area contributed by atoms with E-state index in [-0.39, 0.29) is 0 Å². The number of hydrogen-bond acceptors (Lipinski definition) is 3. The number of unbranched alkanes of at least 4 members (excludes halogenated alkanes) is 2. The molecule has 3 heteroatoms. The van der Waals surface area contributed by atoms with Gasteiger partial charge in [0.1, 0.15) is 17.9 Å². The van der Waals surface area contributed by atoms with Gasteiger partial charge in [-0.2, -0.15) is 10.5 Å². The topological polar surface area (TPSA) is 56.8 Å². The van der Waals surface area contributed by atoms with Crippen LogP contribution in [0.15, 0.2) is 36.4 Å². The van der Waals surface area contributed by atoms with Crippen LogP contribution in [0.4, 0.5) is 0 Å². The van der Waals surface area contributed by atoms with Gasteiger partial charge in [0, 0.05) is 5.56 Å². The maximum Gasteiger partial charge on any atom is 0.119 e.